The number of nitrogens with zero attached hydrogens (tertiary/aromatic N) is 2. The van der Waals surface area contributed by atoms with Crippen LogP contribution in [0, 0.1) is 11.7 Å². The van der Waals surface area contributed by atoms with E-state index in [0.29, 0.717) is 12.5 Å². The molecule has 1 aliphatic carbocycles. The van der Waals surface area contributed by atoms with Gasteiger partial charge in [-0.15, -0.1) is 0 Å². The number of pyridine rings is 1. The van der Waals surface area contributed by atoms with E-state index in [9.17, 15) is 4.39 Å². The van der Waals surface area contributed by atoms with Gasteiger partial charge in [-0.05, 0) is 103 Å². The van der Waals surface area contributed by atoms with E-state index in [1.165, 1.54) is 32.1 Å². The maximum Gasteiger partial charge on any atom is 0.124 e. The second-order valence-electron chi connectivity index (χ2n) is 12.6. The summed E-state index contributed by atoms with van der Waals surface area (Å²) in [6.07, 6.45) is 17.8. The average Bonchev–Trinajstić information content (AvgIpc) is 3.69. The Hall–Kier alpha value is -4.66. The van der Waals surface area contributed by atoms with Gasteiger partial charge in [0.05, 0.1) is 22.9 Å². The molecule has 3 heterocycles. The number of fused-ring (bicyclic) bond motifs is 2. The lowest BCUT2D eigenvalue weighted by molar-refractivity contribution is 0.393. The standard InChI is InChI=1S/C39H43FN6S/c1-7-27(19-32(8-2)43-25(3)28-12-10-9-11-13-28)29-14-15-36-34(20-29)39(46-45-36)37-21-33-35(23-41-24-38(33)44-37)30-16-26(17-31(40)18-30)22-42-47(4,5)6/h7-8,14-21,23-24,28,42-44H,2-5,9-13,22H2,1,6H3,(H,45,46)/b27-7+,32-19+. The van der Waals surface area contributed by atoms with E-state index in [2.05, 4.69) is 86.4 Å². The van der Waals surface area contributed by atoms with Gasteiger partial charge in [0, 0.05) is 40.5 Å². The topological polar surface area (TPSA) is 81.4 Å². The quantitative estimate of drug-likeness (QED) is 0.0852. The second-order valence-corrected chi connectivity index (χ2v) is 15.5. The van der Waals surface area contributed by atoms with E-state index >= 15 is 0 Å². The van der Waals surface area contributed by atoms with Crippen LogP contribution in [0.3, 0.4) is 0 Å². The summed E-state index contributed by atoms with van der Waals surface area (Å²) in [4.78, 5) is 7.98. The summed E-state index contributed by atoms with van der Waals surface area (Å²) in [7, 11) is -1.43. The molecule has 0 saturated heterocycles. The van der Waals surface area contributed by atoms with E-state index < -0.39 is 9.39 Å². The molecular formula is C39H43FN6S. The summed E-state index contributed by atoms with van der Waals surface area (Å²) < 4.78 is 18.1. The van der Waals surface area contributed by atoms with Crippen molar-refractivity contribution in [3.05, 3.63) is 115 Å². The number of H-pyrrole nitrogens is 2. The van der Waals surface area contributed by atoms with Gasteiger partial charge in [0.15, 0.2) is 0 Å². The van der Waals surface area contributed by atoms with Gasteiger partial charge >= 0.3 is 0 Å². The molecule has 0 bridgehead atoms. The first-order chi connectivity index (χ1) is 22.6. The van der Waals surface area contributed by atoms with Crippen LogP contribution in [0.1, 0.15) is 50.2 Å². The first-order valence-corrected chi connectivity index (χ1v) is 18.4. The Bertz CT molecular complexity index is 2140. The van der Waals surface area contributed by atoms with Gasteiger partial charge in [-0.25, -0.2) is 4.39 Å². The van der Waals surface area contributed by atoms with Crippen molar-refractivity contribution in [1.82, 2.24) is 30.2 Å². The molecule has 1 fully saturated rings. The molecular weight excluding hydrogens is 604 g/mol. The van der Waals surface area contributed by atoms with Crippen LogP contribution in [0.2, 0.25) is 0 Å². The minimum absolute atomic E-state index is 0.301. The molecule has 0 aliphatic heterocycles. The number of rotatable bonds is 11. The maximum atomic E-state index is 14.8. The molecule has 47 heavy (non-hydrogen) atoms. The maximum absolute atomic E-state index is 14.8. The zero-order chi connectivity index (χ0) is 33.1. The van der Waals surface area contributed by atoms with Crippen LogP contribution >= 0.6 is 9.39 Å². The molecule has 5 aromatic rings. The minimum Gasteiger partial charge on any atom is -0.359 e. The van der Waals surface area contributed by atoms with Crippen LogP contribution in [0.4, 0.5) is 4.39 Å². The lowest BCUT2D eigenvalue weighted by Crippen LogP contribution is -2.20. The van der Waals surface area contributed by atoms with Crippen molar-refractivity contribution in [1.29, 1.82) is 0 Å². The Morgan fingerprint density at radius 3 is 2.60 bits per heavy atom. The van der Waals surface area contributed by atoms with Crippen molar-refractivity contribution in [2.45, 2.75) is 45.6 Å². The summed E-state index contributed by atoms with van der Waals surface area (Å²) in [6.45, 7) is 10.9. The molecule has 4 N–H and O–H groups in total. The zero-order valence-electron chi connectivity index (χ0n) is 27.3. The monoisotopic (exact) mass is 646 g/mol. The molecule has 0 radical (unpaired) electrons. The Labute approximate surface area is 277 Å². The largest absolute Gasteiger partial charge is 0.359 e. The number of halogens is 1. The molecule has 2 aromatic carbocycles. The first-order valence-electron chi connectivity index (χ1n) is 16.0. The molecule has 6 rings (SSSR count). The summed E-state index contributed by atoms with van der Waals surface area (Å²) in [5, 5.41) is 13.4. The lowest BCUT2D eigenvalue weighted by Gasteiger charge is -2.25. The molecule has 8 heteroatoms. The predicted octanol–water partition coefficient (Wildman–Crippen LogP) is 9.37. The molecule has 0 atom stereocenters. The normalized spacial score (nSPS) is 15.0. The summed E-state index contributed by atoms with van der Waals surface area (Å²) in [5.74, 6) is 8.34. The van der Waals surface area contributed by atoms with Gasteiger partial charge in [0.1, 0.15) is 11.5 Å². The number of aromatic nitrogens is 4. The predicted molar refractivity (Wildman–Crippen MR) is 202 cm³/mol. The molecule has 0 unspecified atom stereocenters. The molecule has 6 nitrogen and oxygen atoms in total. The molecule has 0 spiro atoms. The Morgan fingerprint density at radius 1 is 1.04 bits per heavy atom. The van der Waals surface area contributed by atoms with Crippen molar-refractivity contribution >= 4 is 48.5 Å². The van der Waals surface area contributed by atoms with E-state index in [1.54, 1.807) is 24.5 Å². The van der Waals surface area contributed by atoms with Crippen molar-refractivity contribution < 1.29 is 4.39 Å². The van der Waals surface area contributed by atoms with Crippen LogP contribution in [0.15, 0.2) is 97.6 Å². The van der Waals surface area contributed by atoms with E-state index in [-0.39, 0.29) is 5.82 Å². The second kappa shape index (κ2) is 13.6. The third kappa shape index (κ3) is 7.34. The molecule has 1 saturated carbocycles. The number of aromatic amines is 2. The van der Waals surface area contributed by atoms with Crippen LogP contribution in [-0.4, -0.2) is 38.2 Å². The SMILES string of the molecule is C=C/C(=C\C(=C/C)c1ccc2[nH]nc(-c3cc4c(-c5cc(F)cc(CNS(=C)(=C)C)c5)cncc4[nH]3)c2c1)NC(=C)C1CCCCC1. The highest BCUT2D eigenvalue weighted by molar-refractivity contribution is 8.25. The summed E-state index contributed by atoms with van der Waals surface area (Å²) in [6, 6.07) is 13.5. The average molecular weight is 647 g/mol. The molecule has 0 amide bonds. The Balaban J connectivity index is 1.32. The number of hydrogen-bond donors (Lipinski definition) is 4. The molecule has 3 aromatic heterocycles. The zero-order valence-corrected chi connectivity index (χ0v) is 28.1. The lowest BCUT2D eigenvalue weighted by atomic mass is 9.87. The fourth-order valence-corrected chi connectivity index (χ4v) is 6.87. The minimum atomic E-state index is -1.43. The fraction of sp³-hybridized carbons (Fsp3) is 0.231. The molecule has 1 aliphatic rings. The molecule has 242 valence electrons. The van der Waals surface area contributed by atoms with Crippen molar-refractivity contribution in [3.8, 4) is 22.5 Å². The number of benzene rings is 2. The van der Waals surface area contributed by atoms with Gasteiger partial charge in [0.25, 0.3) is 0 Å². The van der Waals surface area contributed by atoms with Crippen LogP contribution in [0.5, 0.6) is 0 Å². The van der Waals surface area contributed by atoms with Gasteiger partial charge in [-0.2, -0.15) is 14.5 Å². The number of hydrogen-bond acceptors (Lipinski definition) is 4. The highest BCUT2D eigenvalue weighted by Gasteiger charge is 2.18. The first kappa shape index (κ1) is 32.3. The van der Waals surface area contributed by atoms with Crippen molar-refractivity contribution in [2.75, 3.05) is 6.26 Å². The van der Waals surface area contributed by atoms with Crippen LogP contribution < -0.4 is 10.0 Å². The Morgan fingerprint density at radius 2 is 1.85 bits per heavy atom. The van der Waals surface area contributed by atoms with Crippen molar-refractivity contribution in [3.63, 3.8) is 0 Å². The highest BCUT2D eigenvalue weighted by atomic mass is 32.2. The van der Waals surface area contributed by atoms with Gasteiger partial charge in [0.2, 0.25) is 0 Å². The number of nitrogens with one attached hydrogen (secondary N) is 4. The smallest absolute Gasteiger partial charge is 0.124 e. The number of allylic oxidation sites excluding steroid dienone is 5. The van der Waals surface area contributed by atoms with E-state index in [0.717, 1.165) is 72.4 Å². The van der Waals surface area contributed by atoms with Gasteiger partial charge < -0.3 is 10.3 Å². The summed E-state index contributed by atoms with van der Waals surface area (Å²) >= 11 is 0. The van der Waals surface area contributed by atoms with Crippen LogP contribution in [-0.2, 0) is 6.54 Å². The van der Waals surface area contributed by atoms with Gasteiger partial charge in [-0.1, -0.05) is 56.3 Å². The van der Waals surface area contributed by atoms with E-state index in [1.807, 2.05) is 25.3 Å². The Kier molecular flexibility index (Phi) is 9.34. The summed E-state index contributed by atoms with van der Waals surface area (Å²) in [5.41, 5.74) is 9.97. The highest BCUT2D eigenvalue weighted by Crippen LogP contribution is 2.35. The van der Waals surface area contributed by atoms with Gasteiger partial charge in [-0.3, -0.25) is 14.8 Å². The third-order valence-electron chi connectivity index (χ3n) is 8.84. The van der Waals surface area contributed by atoms with Crippen molar-refractivity contribution in [2.24, 2.45) is 5.92 Å². The fourth-order valence-electron chi connectivity index (χ4n) is 6.36. The van der Waals surface area contributed by atoms with Crippen LogP contribution in [0.25, 0.3) is 49.9 Å². The van der Waals surface area contributed by atoms with E-state index in [4.69, 9.17) is 5.10 Å². The third-order valence-corrected chi connectivity index (χ3v) is 9.68.